The van der Waals surface area contributed by atoms with Gasteiger partial charge in [-0.1, -0.05) is 59.1 Å². The number of rotatable bonds is 6. The summed E-state index contributed by atoms with van der Waals surface area (Å²) in [4.78, 5) is 24.0. The van der Waals surface area contributed by atoms with E-state index in [0.29, 0.717) is 33.0 Å². The van der Waals surface area contributed by atoms with Gasteiger partial charge in [-0.2, -0.15) is 0 Å². The van der Waals surface area contributed by atoms with Crippen molar-refractivity contribution in [3.63, 3.8) is 0 Å². The Hall–Kier alpha value is -3.78. The van der Waals surface area contributed by atoms with Gasteiger partial charge in [-0.05, 0) is 48.0 Å². The predicted octanol–water partition coefficient (Wildman–Crippen LogP) is 7.64. The molecule has 2 N–H and O–H groups in total. The summed E-state index contributed by atoms with van der Waals surface area (Å²) in [6.07, 6.45) is 5.54. The molecule has 0 saturated carbocycles. The monoisotopic (exact) mass is 550 g/mol. The smallest absolute Gasteiger partial charge is 0.323 e. The van der Waals surface area contributed by atoms with Crippen LogP contribution in [0.2, 0.25) is 15.1 Å². The van der Waals surface area contributed by atoms with Gasteiger partial charge in [-0.3, -0.25) is 0 Å². The zero-order valence-corrected chi connectivity index (χ0v) is 21.9. The van der Waals surface area contributed by atoms with Gasteiger partial charge in [-0.15, -0.1) is 0 Å². The molecule has 2 aromatic heterocycles. The number of halogens is 3. The van der Waals surface area contributed by atoms with E-state index in [0.717, 1.165) is 28.3 Å². The summed E-state index contributed by atoms with van der Waals surface area (Å²) in [6.45, 7) is 0.632. The standard InChI is InChI=1S/C27H21Cl3N6O/c1-35(15-17-5-7-19(28)8-6-17)26-25-31-11-12-36(25)16-24(34-26)18-3-2-4-20(13-18)32-27(37)33-21-9-10-22(29)23(30)14-21/h2-14,16H,15H2,1H3,(H2,32,33,37). The Balaban J connectivity index is 1.39. The van der Waals surface area contributed by atoms with Gasteiger partial charge in [-0.25, -0.2) is 14.8 Å². The number of nitrogens with one attached hydrogen (secondary N) is 2. The van der Waals surface area contributed by atoms with E-state index >= 15 is 0 Å². The number of fused-ring (bicyclic) bond motifs is 1. The van der Waals surface area contributed by atoms with Crippen molar-refractivity contribution < 1.29 is 4.79 Å². The number of hydrogen-bond acceptors (Lipinski definition) is 4. The molecular weight excluding hydrogens is 531 g/mol. The fraction of sp³-hybridized carbons (Fsp3) is 0.0741. The third-order valence-electron chi connectivity index (χ3n) is 5.64. The Bertz CT molecular complexity index is 1590. The minimum Gasteiger partial charge on any atom is -0.352 e. The Morgan fingerprint density at radius 1 is 0.946 bits per heavy atom. The first-order valence-electron chi connectivity index (χ1n) is 11.3. The number of hydrogen-bond donors (Lipinski definition) is 2. The lowest BCUT2D eigenvalue weighted by molar-refractivity contribution is 0.262. The summed E-state index contributed by atoms with van der Waals surface area (Å²) in [5.41, 5.74) is 4.56. The van der Waals surface area contributed by atoms with Crippen LogP contribution in [-0.2, 0) is 6.54 Å². The molecular formula is C27H21Cl3N6O. The second kappa shape index (κ2) is 10.7. The molecule has 37 heavy (non-hydrogen) atoms. The van der Waals surface area contributed by atoms with Gasteiger partial charge in [0.1, 0.15) is 0 Å². The first-order chi connectivity index (χ1) is 17.9. The van der Waals surface area contributed by atoms with Crippen LogP contribution in [-0.4, -0.2) is 27.4 Å². The van der Waals surface area contributed by atoms with Crippen LogP contribution in [0.5, 0.6) is 0 Å². The predicted molar refractivity (Wildman–Crippen MR) is 151 cm³/mol. The number of nitrogens with zero attached hydrogens (tertiary/aromatic N) is 4. The van der Waals surface area contributed by atoms with E-state index in [2.05, 4.69) is 15.6 Å². The highest BCUT2D eigenvalue weighted by Crippen LogP contribution is 2.28. The fourth-order valence-electron chi connectivity index (χ4n) is 3.87. The van der Waals surface area contributed by atoms with Gasteiger partial charge >= 0.3 is 6.03 Å². The molecule has 0 radical (unpaired) electrons. The number of imidazole rings is 1. The van der Waals surface area contributed by atoms with Gasteiger partial charge in [0.15, 0.2) is 11.5 Å². The molecule has 0 aliphatic rings. The summed E-state index contributed by atoms with van der Waals surface area (Å²) >= 11 is 18.0. The normalized spacial score (nSPS) is 10.9. The topological polar surface area (TPSA) is 74.6 Å². The average molecular weight is 552 g/mol. The highest BCUT2D eigenvalue weighted by atomic mass is 35.5. The maximum atomic E-state index is 12.6. The van der Waals surface area contributed by atoms with Crippen LogP contribution in [0.3, 0.4) is 0 Å². The molecule has 0 fully saturated rings. The molecule has 2 amide bonds. The van der Waals surface area contributed by atoms with Gasteiger partial charge < -0.3 is 19.9 Å². The van der Waals surface area contributed by atoms with Crippen molar-refractivity contribution in [1.82, 2.24) is 14.4 Å². The maximum Gasteiger partial charge on any atom is 0.323 e. The van der Waals surface area contributed by atoms with Gasteiger partial charge in [0.25, 0.3) is 0 Å². The molecule has 0 saturated heterocycles. The van der Waals surface area contributed by atoms with E-state index in [1.54, 1.807) is 30.5 Å². The maximum absolute atomic E-state index is 12.6. The van der Waals surface area contributed by atoms with E-state index < -0.39 is 6.03 Å². The SMILES string of the molecule is CN(Cc1ccc(Cl)cc1)c1nc(-c2cccc(NC(=O)Nc3ccc(Cl)c(Cl)c3)c2)cn2ccnc12. The summed E-state index contributed by atoms with van der Waals surface area (Å²) in [7, 11) is 1.97. The Kier molecular flexibility index (Phi) is 7.19. The molecule has 0 aliphatic carbocycles. The number of aromatic nitrogens is 3. The van der Waals surface area contributed by atoms with Crippen LogP contribution in [0.1, 0.15) is 5.56 Å². The van der Waals surface area contributed by atoms with Crippen molar-refractivity contribution in [2.24, 2.45) is 0 Å². The van der Waals surface area contributed by atoms with Crippen molar-refractivity contribution in [3.05, 3.63) is 106 Å². The van der Waals surface area contributed by atoms with Gasteiger partial charge in [0, 0.05) is 54.1 Å². The summed E-state index contributed by atoms with van der Waals surface area (Å²) < 4.78 is 1.94. The Labute approximate surface area is 228 Å². The van der Waals surface area contributed by atoms with Crippen LogP contribution in [0.4, 0.5) is 22.0 Å². The van der Waals surface area contributed by atoms with Crippen LogP contribution in [0, 0.1) is 0 Å². The molecule has 10 heteroatoms. The minimum atomic E-state index is -0.406. The van der Waals surface area contributed by atoms with Gasteiger partial charge in [0.05, 0.1) is 15.7 Å². The number of benzene rings is 3. The number of urea groups is 1. The third kappa shape index (κ3) is 5.80. The van der Waals surface area contributed by atoms with Crippen molar-refractivity contribution in [2.75, 3.05) is 22.6 Å². The van der Waals surface area contributed by atoms with E-state index in [9.17, 15) is 4.79 Å². The van der Waals surface area contributed by atoms with Crippen molar-refractivity contribution in [3.8, 4) is 11.3 Å². The van der Waals surface area contributed by atoms with E-state index in [1.165, 1.54) is 0 Å². The molecule has 186 valence electrons. The zero-order valence-electron chi connectivity index (χ0n) is 19.6. The van der Waals surface area contributed by atoms with Crippen LogP contribution in [0.25, 0.3) is 16.9 Å². The van der Waals surface area contributed by atoms with E-state index in [-0.39, 0.29) is 0 Å². The van der Waals surface area contributed by atoms with Gasteiger partial charge in [0.2, 0.25) is 0 Å². The zero-order chi connectivity index (χ0) is 25.9. The molecule has 7 nitrogen and oxygen atoms in total. The molecule has 2 heterocycles. The highest BCUT2D eigenvalue weighted by molar-refractivity contribution is 6.42. The van der Waals surface area contributed by atoms with Crippen LogP contribution >= 0.6 is 34.8 Å². The van der Waals surface area contributed by atoms with Crippen molar-refractivity contribution in [1.29, 1.82) is 0 Å². The summed E-state index contributed by atoms with van der Waals surface area (Å²) in [5, 5.41) is 7.07. The molecule has 0 aliphatic heterocycles. The lowest BCUT2D eigenvalue weighted by Crippen LogP contribution is -2.19. The fourth-order valence-corrected chi connectivity index (χ4v) is 4.30. The largest absolute Gasteiger partial charge is 0.352 e. The second-order valence-corrected chi connectivity index (χ2v) is 9.63. The Morgan fingerprint density at radius 2 is 1.70 bits per heavy atom. The lowest BCUT2D eigenvalue weighted by Gasteiger charge is -2.20. The quantitative estimate of drug-likeness (QED) is 0.227. The second-order valence-electron chi connectivity index (χ2n) is 8.38. The molecule has 0 bridgehead atoms. The molecule has 0 atom stereocenters. The highest BCUT2D eigenvalue weighted by Gasteiger charge is 2.14. The van der Waals surface area contributed by atoms with Crippen molar-refractivity contribution in [2.45, 2.75) is 6.54 Å². The minimum absolute atomic E-state index is 0.360. The number of anilines is 3. The van der Waals surface area contributed by atoms with E-state index in [1.807, 2.05) is 71.2 Å². The number of carbonyl (C=O) groups is 1. The molecule has 0 spiro atoms. The van der Waals surface area contributed by atoms with E-state index in [4.69, 9.17) is 39.8 Å². The van der Waals surface area contributed by atoms with Crippen LogP contribution < -0.4 is 15.5 Å². The summed E-state index contributed by atoms with van der Waals surface area (Å²) in [6, 6.07) is 19.7. The molecule has 3 aromatic carbocycles. The van der Waals surface area contributed by atoms with Crippen molar-refractivity contribution >= 4 is 63.7 Å². The first-order valence-corrected chi connectivity index (χ1v) is 12.4. The average Bonchev–Trinajstić information content (AvgIpc) is 3.36. The molecule has 5 rings (SSSR count). The first kappa shape index (κ1) is 24.9. The Morgan fingerprint density at radius 3 is 2.46 bits per heavy atom. The molecule has 5 aromatic rings. The summed E-state index contributed by atoms with van der Waals surface area (Å²) in [5.74, 6) is 0.730. The number of amides is 2. The lowest BCUT2D eigenvalue weighted by atomic mass is 10.1. The third-order valence-corrected chi connectivity index (χ3v) is 6.64. The van der Waals surface area contributed by atoms with Crippen LogP contribution in [0.15, 0.2) is 85.3 Å². The number of carbonyl (C=O) groups excluding carboxylic acids is 1. The molecule has 0 unspecified atom stereocenters.